The SMILES string of the molecule is CCN(CC)C(=O)[C@@H](C)N1CCN(c2cccc(Cl)c2)CC1. The molecular formula is C17H26ClN3O. The van der Waals surface area contributed by atoms with E-state index >= 15 is 0 Å². The second-order valence-electron chi connectivity index (χ2n) is 5.69. The first-order chi connectivity index (χ1) is 10.6. The van der Waals surface area contributed by atoms with Gasteiger partial charge in [0, 0.05) is 50.0 Å². The van der Waals surface area contributed by atoms with E-state index in [1.54, 1.807) is 0 Å². The summed E-state index contributed by atoms with van der Waals surface area (Å²) in [6.45, 7) is 11.3. The van der Waals surface area contributed by atoms with Gasteiger partial charge in [0.1, 0.15) is 0 Å². The molecule has 1 aliphatic heterocycles. The smallest absolute Gasteiger partial charge is 0.239 e. The van der Waals surface area contributed by atoms with Gasteiger partial charge in [0.2, 0.25) is 5.91 Å². The van der Waals surface area contributed by atoms with Crippen LogP contribution in [0.4, 0.5) is 5.69 Å². The zero-order chi connectivity index (χ0) is 16.1. The van der Waals surface area contributed by atoms with Gasteiger partial charge >= 0.3 is 0 Å². The van der Waals surface area contributed by atoms with Crippen molar-refractivity contribution < 1.29 is 4.79 Å². The Balaban J connectivity index is 1.93. The molecule has 122 valence electrons. The summed E-state index contributed by atoms with van der Waals surface area (Å²) < 4.78 is 0. The maximum absolute atomic E-state index is 12.5. The van der Waals surface area contributed by atoms with Gasteiger partial charge in [0.25, 0.3) is 0 Å². The molecule has 1 fully saturated rings. The number of hydrogen-bond donors (Lipinski definition) is 0. The second-order valence-corrected chi connectivity index (χ2v) is 6.13. The molecule has 1 aliphatic rings. The highest BCUT2D eigenvalue weighted by Gasteiger charge is 2.27. The largest absolute Gasteiger partial charge is 0.369 e. The first-order valence-electron chi connectivity index (χ1n) is 8.10. The molecule has 5 heteroatoms. The van der Waals surface area contributed by atoms with Crippen LogP contribution in [0.3, 0.4) is 0 Å². The van der Waals surface area contributed by atoms with Crippen LogP contribution in [-0.4, -0.2) is 61.0 Å². The van der Waals surface area contributed by atoms with Crippen molar-refractivity contribution in [1.82, 2.24) is 9.80 Å². The predicted molar refractivity (Wildman–Crippen MR) is 92.6 cm³/mol. The summed E-state index contributed by atoms with van der Waals surface area (Å²) in [5, 5.41) is 0.769. The summed E-state index contributed by atoms with van der Waals surface area (Å²) in [5.74, 6) is 0.237. The van der Waals surface area contributed by atoms with Crippen molar-refractivity contribution in [1.29, 1.82) is 0 Å². The van der Waals surface area contributed by atoms with Crippen molar-refractivity contribution in [2.45, 2.75) is 26.8 Å². The molecule has 0 spiro atoms. The number of nitrogens with zero attached hydrogens (tertiary/aromatic N) is 3. The number of rotatable bonds is 5. The van der Waals surface area contributed by atoms with Crippen molar-refractivity contribution >= 4 is 23.2 Å². The average molecular weight is 324 g/mol. The number of piperazine rings is 1. The Kier molecular flexibility index (Phi) is 6.09. The zero-order valence-corrected chi connectivity index (χ0v) is 14.5. The molecule has 4 nitrogen and oxygen atoms in total. The predicted octanol–water partition coefficient (Wildman–Crippen LogP) is 2.72. The van der Waals surface area contributed by atoms with Gasteiger partial charge < -0.3 is 9.80 Å². The van der Waals surface area contributed by atoms with Gasteiger partial charge in [0.15, 0.2) is 0 Å². The van der Waals surface area contributed by atoms with Crippen LogP contribution >= 0.6 is 11.6 Å². The van der Waals surface area contributed by atoms with Gasteiger partial charge in [-0.1, -0.05) is 17.7 Å². The summed E-state index contributed by atoms with van der Waals surface area (Å²) in [7, 11) is 0. The number of amides is 1. The quantitative estimate of drug-likeness (QED) is 0.833. The number of carbonyl (C=O) groups is 1. The Hall–Kier alpha value is -1.26. The lowest BCUT2D eigenvalue weighted by Crippen LogP contribution is -2.54. The Labute approximate surface area is 138 Å². The summed E-state index contributed by atoms with van der Waals surface area (Å²) >= 11 is 6.06. The average Bonchev–Trinajstić information content (AvgIpc) is 2.55. The van der Waals surface area contributed by atoms with Crippen molar-refractivity contribution in [3.05, 3.63) is 29.3 Å². The third-order valence-electron chi connectivity index (χ3n) is 4.47. The van der Waals surface area contributed by atoms with Crippen LogP contribution < -0.4 is 4.90 Å². The van der Waals surface area contributed by atoms with Crippen molar-refractivity contribution in [3.63, 3.8) is 0 Å². The number of carbonyl (C=O) groups excluding carboxylic acids is 1. The first-order valence-corrected chi connectivity index (χ1v) is 8.48. The van der Waals surface area contributed by atoms with Crippen molar-refractivity contribution in [3.8, 4) is 0 Å². The van der Waals surface area contributed by atoms with E-state index in [1.807, 2.05) is 43.9 Å². The highest BCUT2D eigenvalue weighted by molar-refractivity contribution is 6.30. The molecule has 0 aromatic heterocycles. The molecule has 1 amide bonds. The molecule has 1 saturated heterocycles. The molecule has 2 rings (SSSR count). The number of benzene rings is 1. The van der Waals surface area contributed by atoms with E-state index in [2.05, 4.69) is 15.9 Å². The summed E-state index contributed by atoms with van der Waals surface area (Å²) in [5.41, 5.74) is 1.16. The van der Waals surface area contributed by atoms with Gasteiger partial charge in [-0.3, -0.25) is 9.69 Å². The Morgan fingerprint density at radius 3 is 2.41 bits per heavy atom. The van der Waals surface area contributed by atoms with Crippen LogP contribution in [0.25, 0.3) is 0 Å². The fraction of sp³-hybridized carbons (Fsp3) is 0.588. The van der Waals surface area contributed by atoms with Crippen LogP contribution in [0, 0.1) is 0 Å². The topological polar surface area (TPSA) is 26.8 Å². The lowest BCUT2D eigenvalue weighted by atomic mass is 10.2. The monoisotopic (exact) mass is 323 g/mol. The summed E-state index contributed by atoms with van der Waals surface area (Å²) in [4.78, 5) is 19.0. The minimum atomic E-state index is -0.0404. The van der Waals surface area contributed by atoms with Gasteiger partial charge in [-0.15, -0.1) is 0 Å². The lowest BCUT2D eigenvalue weighted by Gasteiger charge is -2.39. The standard InChI is InChI=1S/C17H26ClN3O/c1-4-19(5-2)17(22)14(3)20-9-11-21(12-10-20)16-8-6-7-15(18)13-16/h6-8,13-14H,4-5,9-12H2,1-3H3/t14-/m1/s1. The van der Waals surface area contributed by atoms with Crippen LogP contribution in [0.1, 0.15) is 20.8 Å². The van der Waals surface area contributed by atoms with Gasteiger partial charge in [-0.05, 0) is 39.0 Å². The highest BCUT2D eigenvalue weighted by atomic mass is 35.5. The Bertz CT molecular complexity index is 496. The zero-order valence-electron chi connectivity index (χ0n) is 13.8. The van der Waals surface area contributed by atoms with E-state index < -0.39 is 0 Å². The van der Waals surface area contributed by atoms with Crippen molar-refractivity contribution in [2.24, 2.45) is 0 Å². The van der Waals surface area contributed by atoms with Crippen LogP contribution in [-0.2, 0) is 4.79 Å². The normalized spacial score (nSPS) is 17.4. The molecule has 1 aromatic carbocycles. The third-order valence-corrected chi connectivity index (χ3v) is 4.70. The molecule has 22 heavy (non-hydrogen) atoms. The van der Waals surface area contributed by atoms with E-state index in [-0.39, 0.29) is 11.9 Å². The fourth-order valence-electron chi connectivity index (χ4n) is 3.00. The minimum absolute atomic E-state index is 0.0404. The van der Waals surface area contributed by atoms with Crippen LogP contribution in [0.5, 0.6) is 0 Å². The van der Waals surface area contributed by atoms with E-state index in [1.165, 1.54) is 0 Å². The molecule has 1 atom stereocenters. The maximum Gasteiger partial charge on any atom is 0.239 e. The van der Waals surface area contributed by atoms with Gasteiger partial charge in [-0.25, -0.2) is 0 Å². The minimum Gasteiger partial charge on any atom is -0.369 e. The fourth-order valence-corrected chi connectivity index (χ4v) is 3.18. The van der Waals surface area contributed by atoms with Gasteiger partial charge in [-0.2, -0.15) is 0 Å². The van der Waals surface area contributed by atoms with Crippen LogP contribution in [0.2, 0.25) is 5.02 Å². The number of likely N-dealkylation sites (N-methyl/N-ethyl adjacent to an activating group) is 1. The molecule has 1 aromatic rings. The van der Waals surface area contributed by atoms with E-state index in [9.17, 15) is 4.79 Å². The van der Waals surface area contributed by atoms with Gasteiger partial charge in [0.05, 0.1) is 6.04 Å². The number of anilines is 1. The van der Waals surface area contributed by atoms with E-state index in [4.69, 9.17) is 11.6 Å². The Morgan fingerprint density at radius 1 is 1.23 bits per heavy atom. The lowest BCUT2D eigenvalue weighted by molar-refractivity contribution is -0.136. The van der Waals surface area contributed by atoms with Crippen molar-refractivity contribution in [2.75, 3.05) is 44.2 Å². The molecule has 0 saturated carbocycles. The molecular weight excluding hydrogens is 298 g/mol. The molecule has 0 aliphatic carbocycles. The summed E-state index contributed by atoms with van der Waals surface area (Å²) in [6, 6.07) is 7.93. The first kappa shape index (κ1) is 17.1. The molecule has 0 bridgehead atoms. The maximum atomic E-state index is 12.5. The second kappa shape index (κ2) is 7.84. The van der Waals surface area contributed by atoms with Crippen LogP contribution in [0.15, 0.2) is 24.3 Å². The number of hydrogen-bond acceptors (Lipinski definition) is 3. The molecule has 0 N–H and O–H groups in total. The molecule has 1 heterocycles. The Morgan fingerprint density at radius 2 is 1.86 bits per heavy atom. The third kappa shape index (κ3) is 3.93. The number of halogens is 1. The van der Waals surface area contributed by atoms with E-state index in [0.717, 1.165) is 50.0 Å². The van der Waals surface area contributed by atoms with E-state index in [0.29, 0.717) is 0 Å². The highest BCUT2D eigenvalue weighted by Crippen LogP contribution is 2.21. The summed E-state index contributed by atoms with van der Waals surface area (Å²) in [6.07, 6.45) is 0. The molecule has 0 radical (unpaired) electrons. The molecule has 0 unspecified atom stereocenters.